The number of aryl methyl sites for hydroxylation is 2. The zero-order valence-corrected chi connectivity index (χ0v) is 72.5. The number of azo groups is 1. The van der Waals surface area contributed by atoms with Crippen molar-refractivity contribution >= 4 is 157 Å². The van der Waals surface area contributed by atoms with Crippen molar-refractivity contribution < 1.29 is 142 Å². The number of amides is 7. The third-order valence-electron chi connectivity index (χ3n) is 20.1. The number of imide groups is 1. The van der Waals surface area contributed by atoms with E-state index in [1.54, 1.807) is 64.6 Å². The van der Waals surface area contributed by atoms with Crippen molar-refractivity contribution in [3.63, 3.8) is 0 Å². The van der Waals surface area contributed by atoms with Gasteiger partial charge in [-0.2, -0.15) is 13.5 Å². The van der Waals surface area contributed by atoms with Crippen LogP contribution in [0.4, 0.5) is 22.7 Å². The van der Waals surface area contributed by atoms with Crippen LogP contribution in [0.15, 0.2) is 75.8 Å². The Morgan fingerprint density at radius 1 is 0.608 bits per heavy atom. The summed E-state index contributed by atoms with van der Waals surface area (Å²) < 4.78 is 76.5. The van der Waals surface area contributed by atoms with E-state index < -0.39 is 172 Å². The van der Waals surface area contributed by atoms with Crippen molar-refractivity contribution in [3.8, 4) is 16.9 Å². The fraction of sp³-hybridized carbons (Fsp3) is 0.538. The minimum absolute atomic E-state index is 0.0197. The lowest BCUT2D eigenvalue weighted by molar-refractivity contribution is -0.143. The number of phenols is 1. The lowest BCUT2D eigenvalue weighted by Gasteiger charge is -2.33. The van der Waals surface area contributed by atoms with Gasteiger partial charge in [0.15, 0.2) is 5.75 Å². The van der Waals surface area contributed by atoms with Crippen molar-refractivity contribution in [3.05, 3.63) is 71.8 Å². The molecule has 2 aliphatic heterocycles. The third kappa shape index (κ3) is 38.7. The highest BCUT2D eigenvalue weighted by Gasteiger charge is 2.40. The second kappa shape index (κ2) is 52.2. The molecule has 16 N–H and O–H groups in total. The predicted octanol–water partition coefficient (Wildman–Crippen LogP) is 3.67. The monoisotopic (exact) mass is 1830 g/mol. The molecule has 0 bridgehead atoms. The molecule has 4 aromatic carbocycles. The number of nitrogens with two attached hydrogens (primary N) is 1. The number of carboxylic acids is 6. The molecule has 2 aliphatic rings. The number of carbonyl (C=O) groups is 14. The molecule has 6 rings (SSSR count). The van der Waals surface area contributed by atoms with E-state index in [2.05, 4.69) is 36.8 Å². The van der Waals surface area contributed by atoms with Crippen LogP contribution in [0.3, 0.4) is 0 Å². The molecular weight excluding hydrogens is 1730 g/mol. The molecule has 688 valence electrons. The molecular formula is C78H108N13O30PS3. The van der Waals surface area contributed by atoms with Crippen molar-refractivity contribution in [1.82, 2.24) is 45.8 Å². The number of aliphatic carboxylic acids is 6. The van der Waals surface area contributed by atoms with Gasteiger partial charge in [0, 0.05) is 127 Å². The van der Waals surface area contributed by atoms with E-state index in [-0.39, 0.29) is 195 Å². The highest BCUT2D eigenvalue weighted by molar-refractivity contribution is 8.01. The number of fused-ring (bicyclic) bond motifs is 1. The minimum Gasteiger partial charge on any atom is -0.505 e. The van der Waals surface area contributed by atoms with Crippen LogP contribution in [0.1, 0.15) is 121 Å². The maximum Gasteiger partial charge on any atom is 0.425 e. The van der Waals surface area contributed by atoms with Crippen molar-refractivity contribution in [2.45, 2.75) is 146 Å². The standard InChI is InChI=1S/C78H108N13O27PS2.O3S/c1-48(13-23-65(94)83-61(78(111)112)12-9-37-118-119(113,114)46-53(77(109)110)16-24-69(98)99)38-54(92)10-5-4-7-26-81-67(96)47-120-62-41-68(97)91(76(62)108)28-25-64(93)80-27-8-6-11-60(82-66(95)42-87-29-31-88(43-70(100)101)33-35-90(45-72(104)105)36-34-89(32-30-87)44-71(102)103)75(107)84-57-19-14-51(39-49(57)2)52-15-20-58(50(3)40-52)85-86-59-21-17-55-63(121(115,116)117)22-18-56(79)73(55)74(59)106;1-4(2)3/h14-15,17-22,39-40,48,53,60-62,106H,4-13,16,23-38,41-47,79H2,1-3H3,(H,80,93)(H,81,96)(H,82,95)(H,83,94)(H,84,107)(H,98,99)(H,100,101)(H,102,103)(H,104,105)(H,109,110)(H,111,112)(H,113,114)(H,115,116,117);/t48-,53?,60-,61+,62?;/m1./s1. The number of nitrogen functional groups attached to an aromatic ring is 1. The number of hydrogen-bond donors (Lipinski definition) is 15. The molecule has 2 heterocycles. The number of phenolic OH excluding ortho intramolecular Hbond substituents is 1. The molecule has 0 spiro atoms. The van der Waals surface area contributed by atoms with Gasteiger partial charge >= 0.3 is 54.0 Å². The van der Waals surface area contributed by atoms with Gasteiger partial charge in [0.05, 0.1) is 66.9 Å². The van der Waals surface area contributed by atoms with E-state index >= 15 is 0 Å². The summed E-state index contributed by atoms with van der Waals surface area (Å²) in [6, 6.07) is 13.0. The lowest BCUT2D eigenvalue weighted by atomic mass is 9.96. The normalized spacial score (nSPS) is 16.0. The summed E-state index contributed by atoms with van der Waals surface area (Å²) in [6.45, 7) is 4.59. The Labute approximate surface area is 725 Å². The van der Waals surface area contributed by atoms with E-state index in [4.69, 9.17) is 28.0 Å². The largest absolute Gasteiger partial charge is 0.505 e. The lowest BCUT2D eigenvalue weighted by Crippen LogP contribution is -2.51. The van der Waals surface area contributed by atoms with Crippen LogP contribution in [0.25, 0.3) is 21.9 Å². The maximum absolute atomic E-state index is 14.5. The number of likely N-dealkylation sites (tertiary alicyclic amines) is 1. The molecule has 2 saturated heterocycles. The Bertz CT molecular complexity index is 4820. The summed E-state index contributed by atoms with van der Waals surface area (Å²) in [5.41, 5.74) is 9.67. The second-order valence-corrected chi connectivity index (χ2v) is 35.0. The fourth-order valence-electron chi connectivity index (χ4n) is 13.5. The first-order chi connectivity index (χ1) is 58.9. The molecule has 3 unspecified atom stereocenters. The number of ketones is 1. The molecule has 125 heavy (non-hydrogen) atoms. The topological polar surface area (TPSA) is 660 Å². The molecule has 2 fully saturated rings. The number of nitrogens with zero attached hydrogens (tertiary/aromatic N) is 7. The van der Waals surface area contributed by atoms with Gasteiger partial charge in [-0.05, 0) is 142 Å². The first-order valence-electron chi connectivity index (χ1n) is 39.9. The Morgan fingerprint density at radius 3 is 1.70 bits per heavy atom. The fourth-order valence-corrected chi connectivity index (χ4v) is 16.6. The number of Topliss-reactive ketones (excluding diaryl/α,β-unsaturated/α-hetero) is 1. The summed E-state index contributed by atoms with van der Waals surface area (Å²) in [5, 5.41) is 89.2. The first kappa shape index (κ1) is 105. The summed E-state index contributed by atoms with van der Waals surface area (Å²) in [4.78, 5) is 193. The number of anilines is 2. The van der Waals surface area contributed by atoms with Gasteiger partial charge in [0.1, 0.15) is 28.4 Å². The summed E-state index contributed by atoms with van der Waals surface area (Å²) in [6.07, 6.45) is 0.271. The van der Waals surface area contributed by atoms with E-state index in [9.17, 15) is 120 Å². The summed E-state index contributed by atoms with van der Waals surface area (Å²) in [7, 11) is -12.3. The number of nitrogens with one attached hydrogen (secondary N) is 5. The molecule has 0 saturated carbocycles. The van der Waals surface area contributed by atoms with Crippen LogP contribution in [-0.4, -0.2) is 308 Å². The molecule has 0 aromatic heterocycles. The highest BCUT2D eigenvalue weighted by atomic mass is 32.2. The smallest absolute Gasteiger partial charge is 0.425 e. The molecule has 47 heteroatoms. The number of hydrogen-bond acceptors (Lipinski definition) is 30. The average molecular weight is 1830 g/mol. The van der Waals surface area contributed by atoms with E-state index in [1.165, 1.54) is 18.2 Å². The highest BCUT2D eigenvalue weighted by Crippen LogP contribution is 2.45. The minimum atomic E-state index is -4.66. The Kier molecular flexibility index (Phi) is 43.7. The quantitative estimate of drug-likeness (QED) is 0.00749. The Morgan fingerprint density at radius 2 is 1.14 bits per heavy atom. The molecule has 0 aliphatic carbocycles. The number of benzene rings is 4. The number of carboxylic acid groups (broad SMARTS) is 6. The number of unbranched alkanes of at least 4 members (excludes halogenated alkanes) is 3. The van der Waals surface area contributed by atoms with Gasteiger partial charge in [-0.3, -0.25) is 95.9 Å². The summed E-state index contributed by atoms with van der Waals surface area (Å²) >= 11 is 0.981. The number of thioether (sulfide) groups is 1. The zero-order chi connectivity index (χ0) is 92.8. The average Bonchev–Trinajstić information content (AvgIpc) is 0.947. The third-order valence-corrected chi connectivity index (χ3v) is 23.7. The van der Waals surface area contributed by atoms with Crippen LogP contribution in [0.2, 0.25) is 0 Å². The molecule has 6 atom stereocenters. The van der Waals surface area contributed by atoms with Crippen molar-refractivity contribution in [1.29, 1.82) is 0 Å². The number of rotatable bonds is 50. The molecule has 4 aromatic rings. The van der Waals surface area contributed by atoms with Crippen molar-refractivity contribution in [2.24, 2.45) is 22.1 Å². The van der Waals surface area contributed by atoms with Crippen LogP contribution in [0, 0.1) is 25.7 Å². The first-order valence-corrected chi connectivity index (χ1v) is 45.1. The number of aromatic hydroxyl groups is 1. The van der Waals surface area contributed by atoms with Crippen LogP contribution < -0.4 is 32.3 Å². The molecule has 7 amide bonds. The number of carbonyl (C=O) groups excluding carboxylic acids is 8. The van der Waals surface area contributed by atoms with Gasteiger partial charge in [0.2, 0.25) is 41.4 Å². The van der Waals surface area contributed by atoms with Gasteiger partial charge < -0.3 is 77.5 Å². The molecule has 43 nitrogen and oxygen atoms in total. The SMILES string of the molecule is Cc1cc(-c2ccc(NC(=O)[C@@H](CCCCNC(=O)CCN3C(=O)CC(SCC(=O)NCCCCCC(=O)C[C@H](C)CCC(=O)N[C@@H](CCCOP(=O)(O)CC(CCC(=O)O)C(=O)O)C(=O)O)C3=O)NC(=O)CN3CCN(CC(=O)O)CCN(CC(=O)O)CCN(CC(=O)O)CC3)c(C)c2)ccc1N=Nc1ccc2c(S(=O)(=O)O)ccc(N)c2c1O.O=S(=O)=O. The van der Waals surface area contributed by atoms with Gasteiger partial charge in [-0.1, -0.05) is 31.5 Å². The van der Waals surface area contributed by atoms with Crippen LogP contribution >= 0.6 is 19.4 Å². The van der Waals surface area contributed by atoms with Crippen LogP contribution in [0.5, 0.6) is 5.75 Å². The van der Waals surface area contributed by atoms with Gasteiger partial charge in [0.25, 0.3) is 10.1 Å². The van der Waals surface area contributed by atoms with E-state index in [1.807, 2.05) is 12.1 Å². The van der Waals surface area contributed by atoms with Gasteiger partial charge in [-0.15, -0.1) is 29.5 Å². The Balaban J connectivity index is 0.00000678. The van der Waals surface area contributed by atoms with Crippen molar-refractivity contribution in [2.75, 3.05) is 128 Å². The zero-order valence-electron chi connectivity index (χ0n) is 69.2. The van der Waals surface area contributed by atoms with Gasteiger partial charge in [-0.25, -0.2) is 4.79 Å². The molecule has 0 radical (unpaired) electrons. The second-order valence-electron chi connectivity index (χ2n) is 30.1. The van der Waals surface area contributed by atoms with Crippen LogP contribution in [-0.2, 0) is 96.9 Å². The van der Waals surface area contributed by atoms with E-state index in [0.29, 0.717) is 48.2 Å². The van der Waals surface area contributed by atoms with E-state index in [0.717, 1.165) is 33.9 Å². The summed E-state index contributed by atoms with van der Waals surface area (Å²) in [5.74, 6) is -13.6. The Hall–Kier alpha value is -10.8. The predicted molar refractivity (Wildman–Crippen MR) is 450 cm³/mol. The maximum atomic E-state index is 14.5.